The number of carbonyl (C=O) groups is 4. The average Bonchev–Trinajstić information content (AvgIpc) is 3.62. The molecule has 2 unspecified atom stereocenters. The minimum Gasteiger partial charge on any atom is -0.462 e. The molecule has 0 radical (unpaired) electrons. The van der Waals surface area contributed by atoms with Crippen LogP contribution in [-0.4, -0.2) is 96.7 Å². The highest BCUT2D eigenvalue weighted by molar-refractivity contribution is 7.47. The van der Waals surface area contributed by atoms with Gasteiger partial charge in [-0.15, -0.1) is 0 Å². The summed E-state index contributed by atoms with van der Waals surface area (Å²) in [6, 6.07) is 0. The topological polar surface area (TPSA) is 237 Å². The van der Waals surface area contributed by atoms with Crippen LogP contribution >= 0.6 is 15.6 Å². The highest BCUT2D eigenvalue weighted by Gasteiger charge is 2.30. The summed E-state index contributed by atoms with van der Waals surface area (Å²) in [4.78, 5) is 72.3. The van der Waals surface area contributed by atoms with E-state index in [1.807, 2.05) is 0 Å². The molecule has 0 saturated heterocycles. The maximum atomic E-state index is 13.0. The van der Waals surface area contributed by atoms with Gasteiger partial charge in [-0.05, 0) is 25.7 Å². The molecule has 0 aliphatic rings. The Kier molecular flexibility index (Phi) is 61.4. The number of phosphoric acid groups is 2. The van der Waals surface area contributed by atoms with Crippen LogP contribution in [0.4, 0.5) is 0 Å². The Morgan fingerprint density at radius 1 is 0.276 bits per heavy atom. The van der Waals surface area contributed by atoms with Gasteiger partial charge >= 0.3 is 39.5 Å². The van der Waals surface area contributed by atoms with Gasteiger partial charge in [-0.3, -0.25) is 37.3 Å². The zero-order valence-corrected chi connectivity index (χ0v) is 57.8. The van der Waals surface area contributed by atoms with Gasteiger partial charge in [0.2, 0.25) is 0 Å². The molecule has 5 atom stereocenters. The van der Waals surface area contributed by atoms with Crippen molar-refractivity contribution in [2.45, 2.75) is 373 Å². The molecule has 0 spiro atoms. The van der Waals surface area contributed by atoms with Gasteiger partial charge in [0.15, 0.2) is 12.2 Å². The lowest BCUT2D eigenvalue weighted by molar-refractivity contribution is -0.161. The van der Waals surface area contributed by atoms with E-state index in [9.17, 15) is 43.2 Å². The van der Waals surface area contributed by atoms with E-state index in [0.29, 0.717) is 25.7 Å². The van der Waals surface area contributed by atoms with Gasteiger partial charge in [0, 0.05) is 25.7 Å². The third kappa shape index (κ3) is 62.6. The smallest absolute Gasteiger partial charge is 0.462 e. The van der Waals surface area contributed by atoms with Crippen molar-refractivity contribution in [1.82, 2.24) is 0 Å². The number of unbranched alkanes of at least 4 members (excludes halogenated alkanes) is 43. The van der Waals surface area contributed by atoms with Gasteiger partial charge in [-0.1, -0.05) is 304 Å². The number of hydrogen-bond donors (Lipinski definition) is 3. The number of aliphatic hydroxyl groups excluding tert-OH is 1. The number of carbonyl (C=O) groups excluding carboxylic acids is 4. The summed E-state index contributed by atoms with van der Waals surface area (Å²) < 4.78 is 68.1. The highest BCUT2D eigenvalue weighted by Crippen LogP contribution is 2.45. The number of rotatable bonds is 69. The fourth-order valence-electron chi connectivity index (χ4n) is 10.3. The minimum absolute atomic E-state index is 0.106. The van der Waals surface area contributed by atoms with Crippen LogP contribution in [0.1, 0.15) is 355 Å². The van der Waals surface area contributed by atoms with E-state index in [4.69, 9.17) is 37.0 Å². The van der Waals surface area contributed by atoms with Crippen LogP contribution in [0.25, 0.3) is 0 Å². The fraction of sp³-hybridized carbons (Fsp3) is 0.941. The Morgan fingerprint density at radius 2 is 0.460 bits per heavy atom. The van der Waals surface area contributed by atoms with Gasteiger partial charge in [-0.25, -0.2) is 9.13 Å². The van der Waals surface area contributed by atoms with Crippen molar-refractivity contribution in [3.8, 4) is 0 Å². The second kappa shape index (κ2) is 62.8. The zero-order valence-electron chi connectivity index (χ0n) is 56.0. The van der Waals surface area contributed by atoms with E-state index in [1.165, 1.54) is 186 Å². The molecule has 516 valence electrons. The van der Waals surface area contributed by atoms with Gasteiger partial charge in [0.25, 0.3) is 0 Å². The van der Waals surface area contributed by atoms with Crippen molar-refractivity contribution in [3.63, 3.8) is 0 Å². The molecule has 19 heteroatoms. The standard InChI is InChI=1S/C68H132O17P2/c1-5-9-13-17-21-25-27-29-30-31-33-35-39-43-47-51-55-68(73)85-64(59-79-66(71)53-49-45-41-38-34-32-28-26-22-18-14-10-6-2)61-83-87(76,77)81-57-62(69)56-80-86(74,75)82-60-63(84-67(72)54-50-46-42-37-24-20-16-12-8-4)58-78-65(70)52-48-44-40-36-23-19-15-11-7-3/h62-64,69H,5-61H2,1-4H3,(H,74,75)(H,76,77)/t62-,63+,64+/m0/s1. The molecule has 0 bridgehead atoms. The molecule has 87 heavy (non-hydrogen) atoms. The summed E-state index contributed by atoms with van der Waals surface area (Å²) in [5, 5.41) is 10.6. The molecule has 0 heterocycles. The van der Waals surface area contributed by atoms with Gasteiger partial charge in [0.1, 0.15) is 19.3 Å². The van der Waals surface area contributed by atoms with Crippen LogP contribution in [0, 0.1) is 0 Å². The van der Waals surface area contributed by atoms with Crippen LogP contribution < -0.4 is 0 Å². The number of aliphatic hydroxyl groups is 1. The van der Waals surface area contributed by atoms with E-state index in [-0.39, 0.29) is 25.7 Å². The molecule has 0 aromatic rings. The van der Waals surface area contributed by atoms with Crippen LogP contribution in [-0.2, 0) is 65.4 Å². The van der Waals surface area contributed by atoms with Gasteiger partial charge in [-0.2, -0.15) is 0 Å². The van der Waals surface area contributed by atoms with Gasteiger partial charge in [0.05, 0.1) is 26.4 Å². The normalized spacial score (nSPS) is 14.1. The third-order valence-corrected chi connectivity index (χ3v) is 17.8. The van der Waals surface area contributed by atoms with E-state index >= 15 is 0 Å². The SMILES string of the molecule is CCCCCCCCCCCCCCCCCCC(=O)O[C@H](COC(=O)CCCCCCCCCCCCCCC)COP(=O)(O)OC[C@@H](O)COP(=O)(O)OC[C@@H](COC(=O)CCCCCCCCCCC)OC(=O)CCCCCCCCCCC. The lowest BCUT2D eigenvalue weighted by Gasteiger charge is -2.21. The number of phosphoric ester groups is 2. The molecule has 0 aromatic carbocycles. The van der Waals surface area contributed by atoms with Crippen molar-refractivity contribution in [1.29, 1.82) is 0 Å². The van der Waals surface area contributed by atoms with Crippen molar-refractivity contribution >= 4 is 39.5 Å². The van der Waals surface area contributed by atoms with Crippen molar-refractivity contribution < 1.29 is 80.2 Å². The second-order valence-corrected chi connectivity index (χ2v) is 27.5. The zero-order chi connectivity index (χ0) is 64.0. The van der Waals surface area contributed by atoms with Crippen LogP contribution in [0.2, 0.25) is 0 Å². The molecule has 0 aromatic heterocycles. The monoisotopic (exact) mass is 1280 g/mol. The minimum atomic E-state index is -4.95. The third-order valence-electron chi connectivity index (χ3n) is 15.9. The average molecular weight is 1280 g/mol. The Balaban J connectivity index is 5.21. The molecule has 0 saturated carbocycles. The van der Waals surface area contributed by atoms with Crippen molar-refractivity contribution in [3.05, 3.63) is 0 Å². The summed E-state index contributed by atoms with van der Waals surface area (Å²) in [5.41, 5.74) is 0. The first-order chi connectivity index (χ1) is 42.2. The Morgan fingerprint density at radius 3 is 0.678 bits per heavy atom. The maximum Gasteiger partial charge on any atom is 0.472 e. The Bertz CT molecular complexity index is 1670. The van der Waals surface area contributed by atoms with Crippen molar-refractivity contribution in [2.24, 2.45) is 0 Å². The first-order valence-corrected chi connectivity index (χ1v) is 38.8. The Labute approximate surface area is 530 Å². The maximum absolute atomic E-state index is 13.0. The van der Waals surface area contributed by atoms with Crippen LogP contribution in [0.15, 0.2) is 0 Å². The highest BCUT2D eigenvalue weighted by atomic mass is 31.2. The molecule has 0 fully saturated rings. The van der Waals surface area contributed by atoms with E-state index < -0.39 is 97.5 Å². The van der Waals surface area contributed by atoms with E-state index in [2.05, 4.69) is 27.7 Å². The summed E-state index contributed by atoms with van der Waals surface area (Å²) >= 11 is 0. The molecule has 0 aliphatic heterocycles. The first-order valence-electron chi connectivity index (χ1n) is 35.8. The molecule has 17 nitrogen and oxygen atoms in total. The number of ether oxygens (including phenoxy) is 4. The summed E-state index contributed by atoms with van der Waals surface area (Å²) in [6.45, 7) is 4.90. The molecule has 0 rings (SSSR count). The first kappa shape index (κ1) is 85.1. The molecule has 0 amide bonds. The van der Waals surface area contributed by atoms with Crippen molar-refractivity contribution in [2.75, 3.05) is 39.6 Å². The lowest BCUT2D eigenvalue weighted by Crippen LogP contribution is -2.30. The second-order valence-electron chi connectivity index (χ2n) is 24.6. The molecule has 0 aliphatic carbocycles. The summed E-state index contributed by atoms with van der Waals surface area (Å²) in [6.07, 6.45) is 49.9. The summed E-state index contributed by atoms with van der Waals surface area (Å²) in [5.74, 6) is -2.12. The molecular formula is C68H132O17P2. The van der Waals surface area contributed by atoms with Crippen LogP contribution in [0.5, 0.6) is 0 Å². The predicted molar refractivity (Wildman–Crippen MR) is 349 cm³/mol. The lowest BCUT2D eigenvalue weighted by atomic mass is 10.0. The number of hydrogen-bond acceptors (Lipinski definition) is 15. The summed E-state index contributed by atoms with van der Waals surface area (Å²) in [7, 11) is -9.89. The largest absolute Gasteiger partial charge is 0.472 e. The predicted octanol–water partition coefficient (Wildman–Crippen LogP) is 19.5. The van der Waals surface area contributed by atoms with Crippen LogP contribution in [0.3, 0.4) is 0 Å². The van der Waals surface area contributed by atoms with E-state index in [1.54, 1.807) is 0 Å². The fourth-order valence-corrected chi connectivity index (χ4v) is 11.9. The quantitative estimate of drug-likeness (QED) is 0.0222. The number of esters is 4. The molecular weight excluding hydrogens is 1150 g/mol. The van der Waals surface area contributed by atoms with E-state index in [0.717, 1.165) is 89.9 Å². The Hall–Kier alpha value is -1.94. The van der Waals surface area contributed by atoms with Gasteiger partial charge < -0.3 is 33.8 Å². The molecule has 3 N–H and O–H groups in total.